The van der Waals surface area contributed by atoms with Gasteiger partial charge in [-0.1, -0.05) is 32.6 Å². The molecule has 0 spiro atoms. The van der Waals surface area contributed by atoms with Crippen LogP contribution in [0.3, 0.4) is 0 Å². The molecule has 5 heteroatoms. The number of hydrogen-bond acceptors (Lipinski definition) is 5. The van der Waals surface area contributed by atoms with Crippen molar-refractivity contribution >= 4 is 0 Å². The summed E-state index contributed by atoms with van der Waals surface area (Å²) in [6.45, 7) is 1.76. The van der Waals surface area contributed by atoms with Gasteiger partial charge in [-0.05, 0) is 17.6 Å². The molecule has 0 bridgehead atoms. The molecular weight excluding hydrogens is 248 g/mol. The molecule has 0 amide bonds. The molecule has 0 aromatic rings. The highest BCUT2D eigenvalue weighted by molar-refractivity contribution is 5.35. The van der Waals surface area contributed by atoms with Crippen molar-refractivity contribution in [1.82, 2.24) is 0 Å². The molecule has 1 aliphatic carbocycles. The van der Waals surface area contributed by atoms with Gasteiger partial charge in [-0.3, -0.25) is 0 Å². The van der Waals surface area contributed by atoms with Crippen LogP contribution < -0.4 is 0 Å². The van der Waals surface area contributed by atoms with Crippen LogP contribution in [0.1, 0.15) is 39.0 Å². The van der Waals surface area contributed by atoms with Crippen LogP contribution in [0.2, 0.25) is 0 Å². The molecule has 1 aliphatic heterocycles. The Kier molecular flexibility index (Phi) is 4.97. The first-order valence-electron chi connectivity index (χ1n) is 7.15. The van der Waals surface area contributed by atoms with Crippen molar-refractivity contribution in [3.8, 4) is 0 Å². The first-order valence-corrected chi connectivity index (χ1v) is 7.15. The van der Waals surface area contributed by atoms with Gasteiger partial charge in [0, 0.05) is 0 Å². The van der Waals surface area contributed by atoms with Crippen molar-refractivity contribution in [3.63, 3.8) is 0 Å². The Bertz CT molecular complexity index is 341. The third-order valence-electron chi connectivity index (χ3n) is 4.09. The van der Waals surface area contributed by atoms with Gasteiger partial charge in [0.05, 0.1) is 12.7 Å². The van der Waals surface area contributed by atoms with Crippen molar-refractivity contribution in [2.75, 3.05) is 6.61 Å². The van der Waals surface area contributed by atoms with Gasteiger partial charge in [0.1, 0.15) is 24.4 Å². The highest BCUT2D eigenvalue weighted by atomic mass is 16.6. The lowest BCUT2D eigenvalue weighted by atomic mass is 9.83. The predicted octanol–water partition coefficient (Wildman–Crippen LogP) is 0.109. The molecule has 1 heterocycles. The topological polar surface area (TPSA) is 93.5 Å². The van der Waals surface area contributed by atoms with Crippen LogP contribution >= 0.6 is 0 Å². The predicted molar refractivity (Wildman–Crippen MR) is 69.6 cm³/mol. The number of hydrogen-bond donors (Lipinski definition) is 4. The van der Waals surface area contributed by atoms with Gasteiger partial charge >= 0.3 is 0 Å². The fourth-order valence-corrected chi connectivity index (χ4v) is 2.90. The Balaban J connectivity index is 2.01. The average molecular weight is 272 g/mol. The van der Waals surface area contributed by atoms with Crippen LogP contribution in [0.5, 0.6) is 0 Å². The van der Waals surface area contributed by atoms with E-state index >= 15 is 0 Å². The van der Waals surface area contributed by atoms with Gasteiger partial charge in [0.25, 0.3) is 0 Å². The van der Waals surface area contributed by atoms with E-state index in [0.29, 0.717) is 17.6 Å². The Morgan fingerprint density at radius 2 is 1.79 bits per heavy atom. The fraction of sp³-hybridized carbons (Fsp3) is 0.857. The summed E-state index contributed by atoms with van der Waals surface area (Å²) in [4.78, 5) is 0. The molecule has 2 aliphatic rings. The minimum Gasteiger partial charge on any atom is -0.392 e. The number of aliphatic hydroxyl groups is 4. The van der Waals surface area contributed by atoms with Crippen molar-refractivity contribution in [2.24, 2.45) is 0 Å². The van der Waals surface area contributed by atoms with E-state index in [0.717, 1.165) is 25.7 Å². The number of fused-ring (bicyclic) bond motifs is 1. The van der Waals surface area contributed by atoms with Gasteiger partial charge in [-0.25, -0.2) is 0 Å². The van der Waals surface area contributed by atoms with Crippen LogP contribution in [0.4, 0.5) is 0 Å². The summed E-state index contributed by atoms with van der Waals surface area (Å²) >= 11 is 0. The molecular formula is C14H24O5. The summed E-state index contributed by atoms with van der Waals surface area (Å²) in [6, 6.07) is 0. The summed E-state index contributed by atoms with van der Waals surface area (Å²) in [6.07, 6.45) is 1.23. The Morgan fingerprint density at radius 1 is 1.11 bits per heavy atom. The van der Waals surface area contributed by atoms with E-state index in [4.69, 9.17) is 4.74 Å². The minimum absolute atomic E-state index is 0.328. The molecule has 5 nitrogen and oxygen atoms in total. The lowest BCUT2D eigenvalue weighted by molar-refractivity contribution is 0.0991. The lowest BCUT2D eigenvalue weighted by Crippen LogP contribution is -2.40. The molecule has 5 atom stereocenters. The zero-order valence-corrected chi connectivity index (χ0v) is 11.3. The van der Waals surface area contributed by atoms with E-state index < -0.39 is 30.5 Å². The highest BCUT2D eigenvalue weighted by Crippen LogP contribution is 2.41. The quantitative estimate of drug-likeness (QED) is 0.300. The van der Waals surface area contributed by atoms with E-state index in [9.17, 15) is 20.4 Å². The third kappa shape index (κ3) is 3.01. The number of epoxide rings is 1. The first-order chi connectivity index (χ1) is 9.11. The lowest BCUT2D eigenvalue weighted by Gasteiger charge is -2.28. The Morgan fingerprint density at radius 3 is 2.42 bits per heavy atom. The fourth-order valence-electron chi connectivity index (χ4n) is 2.90. The summed E-state index contributed by atoms with van der Waals surface area (Å²) < 4.78 is 5.19. The molecule has 1 fully saturated rings. The first kappa shape index (κ1) is 14.9. The molecule has 0 unspecified atom stereocenters. The molecule has 0 aromatic carbocycles. The molecule has 2 rings (SSSR count). The van der Waals surface area contributed by atoms with Crippen LogP contribution in [-0.2, 0) is 4.74 Å². The van der Waals surface area contributed by atoms with Crippen LogP contribution in [-0.4, -0.2) is 57.6 Å². The average Bonchev–Trinajstić information content (AvgIpc) is 3.19. The highest BCUT2D eigenvalue weighted by Gasteiger charge is 2.56. The minimum atomic E-state index is -0.906. The summed E-state index contributed by atoms with van der Waals surface area (Å²) in [5.41, 5.74) is 0.694. The Labute approximate surface area is 113 Å². The molecule has 19 heavy (non-hydrogen) atoms. The third-order valence-corrected chi connectivity index (χ3v) is 4.09. The van der Waals surface area contributed by atoms with Gasteiger partial charge in [0.15, 0.2) is 0 Å². The summed E-state index contributed by atoms with van der Waals surface area (Å²) in [5, 5.41) is 39.6. The summed E-state index contributed by atoms with van der Waals surface area (Å²) in [5.74, 6) is 0. The van der Waals surface area contributed by atoms with Gasteiger partial charge in [0.2, 0.25) is 0 Å². The molecule has 0 radical (unpaired) electrons. The maximum absolute atomic E-state index is 10.2. The number of unbranched alkanes of at least 4 members (excludes halogenated alkanes) is 3. The summed E-state index contributed by atoms with van der Waals surface area (Å²) in [7, 11) is 0. The van der Waals surface area contributed by atoms with Crippen molar-refractivity contribution < 1.29 is 25.2 Å². The maximum atomic E-state index is 10.2. The van der Waals surface area contributed by atoms with E-state index in [1.54, 1.807) is 0 Å². The van der Waals surface area contributed by atoms with Crippen molar-refractivity contribution in [3.05, 3.63) is 11.1 Å². The van der Waals surface area contributed by atoms with E-state index in [1.165, 1.54) is 0 Å². The van der Waals surface area contributed by atoms with Crippen molar-refractivity contribution in [2.45, 2.75) is 69.5 Å². The maximum Gasteiger partial charge on any atom is 0.117 e. The van der Waals surface area contributed by atoms with Gasteiger partial charge in [-0.2, -0.15) is 0 Å². The van der Waals surface area contributed by atoms with E-state index in [1.807, 2.05) is 0 Å². The number of aliphatic hydroxyl groups excluding tert-OH is 4. The standard InChI is InChI=1S/C14H24O5/c1-2-3-4-5-6-9(16)10-8(7-15)11(17)13-14(19-13)12(10)18/h9,11-18H,2-7H2,1H3/t9-,11-,12-,13-,14+/m1/s1. The van der Waals surface area contributed by atoms with Gasteiger partial charge < -0.3 is 25.2 Å². The number of rotatable bonds is 7. The van der Waals surface area contributed by atoms with Crippen LogP contribution in [0.15, 0.2) is 11.1 Å². The van der Waals surface area contributed by atoms with Crippen LogP contribution in [0, 0.1) is 0 Å². The second-order valence-corrected chi connectivity index (χ2v) is 5.46. The molecule has 1 saturated heterocycles. The van der Waals surface area contributed by atoms with E-state index in [2.05, 4.69) is 6.92 Å². The largest absolute Gasteiger partial charge is 0.392 e. The second kappa shape index (κ2) is 6.33. The van der Waals surface area contributed by atoms with Crippen molar-refractivity contribution in [1.29, 1.82) is 0 Å². The Hall–Kier alpha value is -0.460. The number of ether oxygens (including phenoxy) is 1. The normalized spacial score (nSPS) is 35.2. The SMILES string of the molecule is CCCCCC[C@@H](O)C1=C(CO)[C@@H](O)[C@H]2O[C@H]2[C@@H]1O. The molecule has 0 aromatic heterocycles. The molecule has 0 saturated carbocycles. The van der Waals surface area contributed by atoms with Gasteiger partial charge in [-0.15, -0.1) is 0 Å². The van der Waals surface area contributed by atoms with Crippen LogP contribution in [0.25, 0.3) is 0 Å². The zero-order valence-electron chi connectivity index (χ0n) is 11.3. The zero-order chi connectivity index (χ0) is 14.0. The van der Waals surface area contributed by atoms with E-state index in [-0.39, 0.29) is 6.61 Å². The second-order valence-electron chi connectivity index (χ2n) is 5.46. The monoisotopic (exact) mass is 272 g/mol. The molecule has 110 valence electrons. The molecule has 4 N–H and O–H groups in total. The smallest absolute Gasteiger partial charge is 0.117 e.